The average Bonchev–Trinajstić information content (AvgIpc) is 2.69. The van der Waals surface area contributed by atoms with Gasteiger partial charge in [0.2, 0.25) is 5.91 Å². The van der Waals surface area contributed by atoms with Gasteiger partial charge in [0.05, 0.1) is 0 Å². The highest BCUT2D eigenvalue weighted by Gasteiger charge is 2.08. The Hall–Kier alpha value is -3.21. The van der Waals surface area contributed by atoms with Crippen molar-refractivity contribution in [2.24, 2.45) is 0 Å². The van der Waals surface area contributed by atoms with Crippen molar-refractivity contribution in [3.05, 3.63) is 83.7 Å². The standard InChI is InChI=1S/C22H21FN2O2/c23-20-8-4-3-6-17(20)11-13-24-21(26)12-14-25-22(27)19-10-9-16-5-1-2-7-18(16)15-19/h1-10,15H,11-14H2,(H,24,26)(H,25,27). The Bertz CT molecular complexity index is 956. The summed E-state index contributed by atoms with van der Waals surface area (Å²) in [6, 6.07) is 19.8. The summed E-state index contributed by atoms with van der Waals surface area (Å²) in [5.41, 5.74) is 1.14. The van der Waals surface area contributed by atoms with Crippen LogP contribution in [0, 0.1) is 5.82 Å². The molecule has 138 valence electrons. The Balaban J connectivity index is 1.41. The minimum Gasteiger partial charge on any atom is -0.356 e. The Morgan fingerprint density at radius 3 is 2.37 bits per heavy atom. The molecule has 4 nitrogen and oxygen atoms in total. The second-order valence-electron chi connectivity index (χ2n) is 6.26. The summed E-state index contributed by atoms with van der Waals surface area (Å²) in [6.07, 6.45) is 0.610. The Morgan fingerprint density at radius 2 is 1.56 bits per heavy atom. The van der Waals surface area contributed by atoms with Gasteiger partial charge in [0.1, 0.15) is 5.82 Å². The molecular weight excluding hydrogens is 343 g/mol. The van der Waals surface area contributed by atoms with Crippen LogP contribution in [0.3, 0.4) is 0 Å². The molecule has 0 atom stereocenters. The molecule has 0 bridgehead atoms. The van der Waals surface area contributed by atoms with Crippen LogP contribution in [0.15, 0.2) is 66.7 Å². The molecular formula is C22H21FN2O2. The molecule has 3 aromatic rings. The van der Waals surface area contributed by atoms with E-state index in [1.807, 2.05) is 36.4 Å². The van der Waals surface area contributed by atoms with E-state index in [-0.39, 0.29) is 30.6 Å². The number of amides is 2. The molecule has 5 heteroatoms. The lowest BCUT2D eigenvalue weighted by molar-refractivity contribution is -0.120. The van der Waals surface area contributed by atoms with Crippen molar-refractivity contribution in [2.45, 2.75) is 12.8 Å². The first kappa shape index (κ1) is 18.6. The molecule has 0 aliphatic carbocycles. The number of nitrogens with one attached hydrogen (secondary N) is 2. The van der Waals surface area contributed by atoms with Gasteiger partial charge < -0.3 is 10.6 Å². The number of hydrogen-bond acceptors (Lipinski definition) is 2. The average molecular weight is 364 g/mol. The normalized spacial score (nSPS) is 10.6. The summed E-state index contributed by atoms with van der Waals surface area (Å²) in [7, 11) is 0. The Labute approximate surface area is 157 Å². The fraction of sp³-hybridized carbons (Fsp3) is 0.182. The molecule has 0 heterocycles. The van der Waals surface area contributed by atoms with Gasteiger partial charge in [-0.3, -0.25) is 9.59 Å². The van der Waals surface area contributed by atoms with E-state index >= 15 is 0 Å². The fourth-order valence-electron chi connectivity index (χ4n) is 2.85. The van der Waals surface area contributed by atoms with E-state index in [2.05, 4.69) is 10.6 Å². The van der Waals surface area contributed by atoms with E-state index < -0.39 is 0 Å². The zero-order valence-electron chi connectivity index (χ0n) is 14.9. The summed E-state index contributed by atoms with van der Waals surface area (Å²) in [4.78, 5) is 24.1. The second-order valence-corrected chi connectivity index (χ2v) is 6.26. The Morgan fingerprint density at radius 1 is 0.815 bits per heavy atom. The van der Waals surface area contributed by atoms with Crippen LogP contribution in [0.2, 0.25) is 0 Å². The van der Waals surface area contributed by atoms with Crippen molar-refractivity contribution in [1.82, 2.24) is 10.6 Å². The van der Waals surface area contributed by atoms with Gasteiger partial charge in [0.25, 0.3) is 5.91 Å². The van der Waals surface area contributed by atoms with Crippen LogP contribution in [0.1, 0.15) is 22.3 Å². The SMILES string of the molecule is O=C(CCNC(=O)c1ccc2ccccc2c1)NCCc1ccccc1F. The topological polar surface area (TPSA) is 58.2 Å². The molecule has 0 aliphatic rings. The van der Waals surface area contributed by atoms with E-state index in [0.29, 0.717) is 24.1 Å². The maximum Gasteiger partial charge on any atom is 0.251 e. The van der Waals surface area contributed by atoms with Crippen LogP contribution in [0.4, 0.5) is 4.39 Å². The van der Waals surface area contributed by atoms with Crippen molar-refractivity contribution in [3.8, 4) is 0 Å². The molecule has 0 fully saturated rings. The lowest BCUT2D eigenvalue weighted by Gasteiger charge is -2.08. The maximum absolute atomic E-state index is 13.5. The summed E-state index contributed by atoms with van der Waals surface area (Å²) < 4.78 is 13.5. The number of rotatable bonds is 7. The molecule has 0 saturated heterocycles. The molecule has 0 aromatic heterocycles. The quantitative estimate of drug-likeness (QED) is 0.675. The molecule has 3 aromatic carbocycles. The second kappa shape index (κ2) is 8.94. The van der Waals surface area contributed by atoms with Crippen molar-refractivity contribution >= 4 is 22.6 Å². The van der Waals surface area contributed by atoms with E-state index in [0.717, 1.165) is 10.8 Å². The highest BCUT2D eigenvalue weighted by Crippen LogP contribution is 2.15. The van der Waals surface area contributed by atoms with E-state index in [9.17, 15) is 14.0 Å². The van der Waals surface area contributed by atoms with E-state index in [1.165, 1.54) is 6.07 Å². The van der Waals surface area contributed by atoms with Gasteiger partial charge in [-0.1, -0.05) is 48.5 Å². The van der Waals surface area contributed by atoms with Crippen LogP contribution < -0.4 is 10.6 Å². The van der Waals surface area contributed by atoms with Crippen molar-refractivity contribution in [1.29, 1.82) is 0 Å². The molecule has 2 amide bonds. The summed E-state index contributed by atoms with van der Waals surface area (Å²) >= 11 is 0. The van der Waals surface area contributed by atoms with Crippen molar-refractivity contribution in [2.75, 3.05) is 13.1 Å². The van der Waals surface area contributed by atoms with Crippen LogP contribution in [-0.4, -0.2) is 24.9 Å². The summed E-state index contributed by atoms with van der Waals surface area (Å²) in [5, 5.41) is 7.56. The third kappa shape index (κ3) is 5.14. The highest BCUT2D eigenvalue weighted by atomic mass is 19.1. The predicted octanol–water partition coefficient (Wildman–Crippen LogP) is 3.46. The van der Waals surface area contributed by atoms with Gasteiger partial charge in [0.15, 0.2) is 0 Å². The largest absolute Gasteiger partial charge is 0.356 e. The summed E-state index contributed by atoms with van der Waals surface area (Å²) in [5.74, 6) is -0.653. The number of fused-ring (bicyclic) bond motifs is 1. The monoisotopic (exact) mass is 364 g/mol. The number of carbonyl (C=O) groups excluding carboxylic acids is 2. The van der Waals surface area contributed by atoms with Gasteiger partial charge in [-0.25, -0.2) is 4.39 Å². The first-order valence-corrected chi connectivity index (χ1v) is 8.90. The van der Waals surface area contributed by atoms with Crippen molar-refractivity contribution < 1.29 is 14.0 Å². The molecule has 0 saturated carbocycles. The minimum atomic E-state index is -0.269. The maximum atomic E-state index is 13.5. The first-order chi connectivity index (χ1) is 13.1. The lowest BCUT2D eigenvalue weighted by Crippen LogP contribution is -2.31. The molecule has 27 heavy (non-hydrogen) atoms. The van der Waals surface area contributed by atoms with Gasteiger partial charge in [-0.15, -0.1) is 0 Å². The van der Waals surface area contributed by atoms with Crippen molar-refractivity contribution in [3.63, 3.8) is 0 Å². The number of benzene rings is 3. The molecule has 0 spiro atoms. The molecule has 2 N–H and O–H groups in total. The third-order valence-corrected chi connectivity index (χ3v) is 4.32. The van der Waals surface area contributed by atoms with Gasteiger partial charge in [-0.2, -0.15) is 0 Å². The Kier molecular flexibility index (Phi) is 6.15. The smallest absolute Gasteiger partial charge is 0.251 e. The highest BCUT2D eigenvalue weighted by molar-refractivity contribution is 5.98. The summed E-state index contributed by atoms with van der Waals surface area (Å²) in [6.45, 7) is 0.607. The molecule has 0 unspecified atom stereocenters. The van der Waals surface area contributed by atoms with Gasteiger partial charge in [0, 0.05) is 25.1 Å². The van der Waals surface area contributed by atoms with Crippen LogP contribution >= 0.6 is 0 Å². The first-order valence-electron chi connectivity index (χ1n) is 8.90. The third-order valence-electron chi connectivity index (χ3n) is 4.32. The van der Waals surface area contributed by atoms with Crippen LogP contribution in [0.25, 0.3) is 10.8 Å². The van der Waals surface area contributed by atoms with Crippen LogP contribution in [0.5, 0.6) is 0 Å². The van der Waals surface area contributed by atoms with Crippen LogP contribution in [-0.2, 0) is 11.2 Å². The molecule has 0 radical (unpaired) electrons. The number of halogens is 1. The fourth-order valence-corrected chi connectivity index (χ4v) is 2.85. The zero-order chi connectivity index (χ0) is 19.1. The number of hydrogen-bond donors (Lipinski definition) is 2. The minimum absolute atomic E-state index is 0.176. The lowest BCUT2D eigenvalue weighted by atomic mass is 10.1. The molecule has 3 rings (SSSR count). The van der Waals surface area contributed by atoms with Gasteiger partial charge in [-0.05, 0) is 41.0 Å². The predicted molar refractivity (Wildman–Crippen MR) is 104 cm³/mol. The van der Waals surface area contributed by atoms with E-state index in [4.69, 9.17) is 0 Å². The van der Waals surface area contributed by atoms with Gasteiger partial charge >= 0.3 is 0 Å². The van der Waals surface area contributed by atoms with E-state index in [1.54, 1.807) is 24.3 Å². The molecule has 0 aliphatic heterocycles. The zero-order valence-corrected chi connectivity index (χ0v) is 14.9. The number of carbonyl (C=O) groups is 2.